The number of benzene rings is 1. The molecule has 0 N–H and O–H groups in total. The lowest BCUT2D eigenvalue weighted by Crippen LogP contribution is -2.17. The Morgan fingerprint density at radius 2 is 1.95 bits per heavy atom. The molecule has 3 nitrogen and oxygen atoms in total. The van der Waals surface area contributed by atoms with Gasteiger partial charge in [-0.2, -0.15) is 0 Å². The van der Waals surface area contributed by atoms with E-state index in [2.05, 4.69) is 35.9 Å². The third-order valence-corrected chi connectivity index (χ3v) is 3.14. The van der Waals surface area contributed by atoms with E-state index in [1.165, 1.54) is 18.2 Å². The van der Waals surface area contributed by atoms with Gasteiger partial charge in [0.2, 0.25) is 0 Å². The number of aryl methyl sites for hydroxylation is 1. The maximum absolute atomic E-state index is 11.2. The average molecular weight is 254 g/mol. The van der Waals surface area contributed by atoms with Crippen LogP contribution in [-0.2, 0) is 0 Å². The van der Waals surface area contributed by atoms with Gasteiger partial charge in [0.05, 0.1) is 11.9 Å². The molecule has 0 spiro atoms. The zero-order chi connectivity index (χ0) is 13.8. The van der Waals surface area contributed by atoms with Crippen LogP contribution in [0.25, 0.3) is 0 Å². The van der Waals surface area contributed by atoms with E-state index in [0.717, 1.165) is 12.2 Å². The number of Topliss-reactive ketones (excluding diaryl/α,β-unsaturated/α-hetero) is 1. The summed E-state index contributed by atoms with van der Waals surface area (Å²) in [5.41, 5.74) is 3.90. The molecule has 0 radical (unpaired) electrons. The molecule has 1 aromatic heterocycles. The van der Waals surface area contributed by atoms with Crippen molar-refractivity contribution in [1.29, 1.82) is 0 Å². The van der Waals surface area contributed by atoms with E-state index in [-0.39, 0.29) is 5.78 Å². The van der Waals surface area contributed by atoms with Crippen molar-refractivity contribution in [3.8, 4) is 0 Å². The summed E-state index contributed by atoms with van der Waals surface area (Å²) in [5, 5.41) is 0. The van der Waals surface area contributed by atoms with Crippen LogP contribution in [0.3, 0.4) is 0 Å². The first kappa shape index (κ1) is 13.3. The normalized spacial score (nSPS) is 10.3. The van der Waals surface area contributed by atoms with E-state index in [4.69, 9.17) is 0 Å². The maximum atomic E-state index is 11.2. The predicted molar refractivity (Wildman–Crippen MR) is 78.1 cm³/mol. The first-order valence-corrected chi connectivity index (χ1v) is 6.43. The number of anilines is 2. The summed E-state index contributed by atoms with van der Waals surface area (Å²) < 4.78 is 0. The van der Waals surface area contributed by atoms with Gasteiger partial charge in [-0.3, -0.25) is 9.78 Å². The summed E-state index contributed by atoms with van der Waals surface area (Å²) in [6.07, 6.45) is 1.76. The fourth-order valence-electron chi connectivity index (χ4n) is 2.11. The summed E-state index contributed by atoms with van der Waals surface area (Å²) in [5.74, 6) is -0.00881. The van der Waals surface area contributed by atoms with E-state index in [1.54, 1.807) is 12.3 Å². The van der Waals surface area contributed by atoms with Crippen LogP contribution in [-0.4, -0.2) is 17.3 Å². The molecule has 0 saturated heterocycles. The molecule has 2 aromatic rings. The number of carbonyl (C=O) groups is 1. The van der Waals surface area contributed by atoms with Gasteiger partial charge in [0.1, 0.15) is 5.69 Å². The molecule has 0 aliphatic rings. The highest BCUT2D eigenvalue weighted by Crippen LogP contribution is 2.27. The fourth-order valence-corrected chi connectivity index (χ4v) is 2.11. The Balaban J connectivity index is 2.37. The molecule has 98 valence electrons. The molecule has 0 unspecified atom stereocenters. The topological polar surface area (TPSA) is 33.2 Å². The van der Waals surface area contributed by atoms with Crippen molar-refractivity contribution in [1.82, 2.24) is 4.98 Å². The summed E-state index contributed by atoms with van der Waals surface area (Å²) in [7, 11) is 0. The van der Waals surface area contributed by atoms with Gasteiger partial charge < -0.3 is 4.90 Å². The smallest absolute Gasteiger partial charge is 0.178 e. The molecule has 3 heteroatoms. The Morgan fingerprint density at radius 1 is 1.21 bits per heavy atom. The van der Waals surface area contributed by atoms with Gasteiger partial charge in [-0.25, -0.2) is 0 Å². The Hall–Kier alpha value is -2.16. The molecule has 1 heterocycles. The van der Waals surface area contributed by atoms with Crippen LogP contribution >= 0.6 is 0 Å². The first-order valence-electron chi connectivity index (χ1n) is 6.43. The second-order valence-electron chi connectivity index (χ2n) is 4.49. The van der Waals surface area contributed by atoms with Crippen LogP contribution in [0, 0.1) is 6.92 Å². The van der Waals surface area contributed by atoms with E-state index >= 15 is 0 Å². The highest BCUT2D eigenvalue weighted by molar-refractivity contribution is 5.92. The van der Waals surface area contributed by atoms with E-state index in [0.29, 0.717) is 5.69 Å². The molecule has 0 atom stereocenters. The number of hydrogen-bond acceptors (Lipinski definition) is 3. The molecule has 0 fully saturated rings. The second-order valence-corrected chi connectivity index (χ2v) is 4.49. The van der Waals surface area contributed by atoms with Crippen LogP contribution in [0.5, 0.6) is 0 Å². The minimum absolute atomic E-state index is 0.00881. The quantitative estimate of drug-likeness (QED) is 0.779. The summed E-state index contributed by atoms with van der Waals surface area (Å²) >= 11 is 0. The summed E-state index contributed by atoms with van der Waals surface area (Å²) in [6, 6.07) is 12.0. The molecular weight excluding hydrogens is 236 g/mol. The van der Waals surface area contributed by atoms with E-state index in [1.807, 2.05) is 18.2 Å². The molecule has 0 saturated carbocycles. The number of para-hydroxylation sites is 1. The van der Waals surface area contributed by atoms with Crippen molar-refractivity contribution in [2.45, 2.75) is 20.8 Å². The fraction of sp³-hybridized carbons (Fsp3) is 0.250. The van der Waals surface area contributed by atoms with Gasteiger partial charge in [-0.1, -0.05) is 18.2 Å². The van der Waals surface area contributed by atoms with Crippen LogP contribution < -0.4 is 4.90 Å². The van der Waals surface area contributed by atoms with Crippen LogP contribution in [0.1, 0.15) is 29.9 Å². The number of aromatic nitrogens is 1. The number of rotatable bonds is 4. The van der Waals surface area contributed by atoms with Crippen molar-refractivity contribution >= 4 is 17.2 Å². The standard InChI is InChI=1S/C16H18N2O/c1-4-18(16-8-6-5-7-12(16)2)14-9-10-15(13(3)19)17-11-14/h5-11H,4H2,1-3H3. The molecule has 0 bridgehead atoms. The van der Waals surface area contributed by atoms with Crippen LogP contribution in [0.2, 0.25) is 0 Å². The van der Waals surface area contributed by atoms with Crippen molar-refractivity contribution < 1.29 is 4.79 Å². The molecule has 0 aliphatic heterocycles. The Morgan fingerprint density at radius 3 is 2.47 bits per heavy atom. The Bertz CT molecular complexity index is 576. The largest absolute Gasteiger partial charge is 0.340 e. The molecule has 19 heavy (non-hydrogen) atoms. The van der Waals surface area contributed by atoms with Gasteiger partial charge in [0.15, 0.2) is 5.78 Å². The van der Waals surface area contributed by atoms with Crippen LogP contribution in [0.15, 0.2) is 42.6 Å². The zero-order valence-electron chi connectivity index (χ0n) is 11.6. The van der Waals surface area contributed by atoms with Gasteiger partial charge in [0.25, 0.3) is 0 Å². The number of ketones is 1. The Kier molecular flexibility index (Phi) is 3.95. The molecular formula is C16H18N2O. The minimum Gasteiger partial charge on any atom is -0.340 e. The third kappa shape index (κ3) is 2.81. The predicted octanol–water partition coefficient (Wildman–Crippen LogP) is 3.75. The number of pyridine rings is 1. The number of carbonyl (C=O) groups excluding carboxylic acids is 1. The third-order valence-electron chi connectivity index (χ3n) is 3.14. The lowest BCUT2D eigenvalue weighted by molar-refractivity contribution is 0.101. The molecule has 2 rings (SSSR count). The van der Waals surface area contributed by atoms with E-state index in [9.17, 15) is 4.79 Å². The monoisotopic (exact) mass is 254 g/mol. The van der Waals surface area contributed by atoms with Crippen LogP contribution in [0.4, 0.5) is 11.4 Å². The average Bonchev–Trinajstić information content (AvgIpc) is 2.42. The number of nitrogens with zero attached hydrogens (tertiary/aromatic N) is 2. The maximum Gasteiger partial charge on any atom is 0.178 e. The van der Waals surface area contributed by atoms with Gasteiger partial charge in [-0.05, 0) is 37.6 Å². The highest BCUT2D eigenvalue weighted by Gasteiger charge is 2.10. The van der Waals surface area contributed by atoms with Gasteiger partial charge in [0, 0.05) is 19.2 Å². The SMILES string of the molecule is CCN(c1ccc(C(C)=O)nc1)c1ccccc1C. The lowest BCUT2D eigenvalue weighted by Gasteiger charge is -2.24. The second kappa shape index (κ2) is 5.65. The molecule has 0 amide bonds. The summed E-state index contributed by atoms with van der Waals surface area (Å²) in [4.78, 5) is 17.6. The molecule has 0 aliphatic carbocycles. The van der Waals surface area contributed by atoms with E-state index < -0.39 is 0 Å². The van der Waals surface area contributed by atoms with Crippen molar-refractivity contribution in [2.75, 3.05) is 11.4 Å². The number of hydrogen-bond donors (Lipinski definition) is 0. The minimum atomic E-state index is -0.00881. The highest BCUT2D eigenvalue weighted by atomic mass is 16.1. The lowest BCUT2D eigenvalue weighted by atomic mass is 10.1. The van der Waals surface area contributed by atoms with Gasteiger partial charge in [-0.15, -0.1) is 0 Å². The van der Waals surface area contributed by atoms with Crippen molar-refractivity contribution in [3.05, 3.63) is 53.9 Å². The van der Waals surface area contributed by atoms with Crippen molar-refractivity contribution in [2.24, 2.45) is 0 Å². The van der Waals surface area contributed by atoms with Crippen molar-refractivity contribution in [3.63, 3.8) is 0 Å². The van der Waals surface area contributed by atoms with Gasteiger partial charge >= 0.3 is 0 Å². The molecule has 1 aromatic carbocycles. The zero-order valence-corrected chi connectivity index (χ0v) is 11.6. The Labute approximate surface area is 113 Å². The summed E-state index contributed by atoms with van der Waals surface area (Å²) in [6.45, 7) is 6.58. The first-order chi connectivity index (χ1) is 9.13.